The molecule has 0 saturated heterocycles. The summed E-state index contributed by atoms with van der Waals surface area (Å²) in [5, 5.41) is 8.23. The fourth-order valence-corrected chi connectivity index (χ4v) is 4.99. The fraction of sp³-hybridized carbons (Fsp3) is 0.600. The highest BCUT2D eigenvalue weighted by Gasteiger charge is 2.42. The summed E-state index contributed by atoms with van der Waals surface area (Å²) in [5.41, 5.74) is 1.70. The fourth-order valence-electron chi connectivity index (χ4n) is 4.85. The third kappa shape index (κ3) is 3.18. The SMILES string of the molecule is Cc1nn(Cc2ccc(C(=O)NC(C)C3CC4CCC3C4)o2)c(C)c1Cl. The molecule has 2 saturated carbocycles. The van der Waals surface area contributed by atoms with E-state index >= 15 is 0 Å². The van der Waals surface area contributed by atoms with Crippen molar-refractivity contribution in [2.24, 2.45) is 17.8 Å². The number of fused-ring (bicyclic) bond motifs is 2. The van der Waals surface area contributed by atoms with E-state index in [2.05, 4.69) is 17.3 Å². The van der Waals surface area contributed by atoms with Gasteiger partial charge in [0.2, 0.25) is 0 Å². The Hall–Kier alpha value is -1.75. The Labute approximate surface area is 159 Å². The molecule has 0 spiro atoms. The van der Waals surface area contributed by atoms with Crippen molar-refractivity contribution in [3.8, 4) is 0 Å². The molecule has 2 aliphatic carbocycles. The van der Waals surface area contributed by atoms with Gasteiger partial charge in [-0.25, -0.2) is 0 Å². The Bertz CT molecular complexity index is 825. The van der Waals surface area contributed by atoms with Gasteiger partial charge in [0.25, 0.3) is 5.91 Å². The van der Waals surface area contributed by atoms with Crippen LogP contribution in [0.2, 0.25) is 5.02 Å². The molecule has 2 aliphatic rings. The van der Waals surface area contributed by atoms with E-state index in [1.165, 1.54) is 25.7 Å². The van der Waals surface area contributed by atoms with E-state index in [0.29, 0.717) is 29.0 Å². The minimum Gasteiger partial charge on any atom is -0.454 e. The number of aryl methyl sites for hydroxylation is 1. The van der Waals surface area contributed by atoms with Gasteiger partial charge in [0.15, 0.2) is 5.76 Å². The molecule has 140 valence electrons. The summed E-state index contributed by atoms with van der Waals surface area (Å²) < 4.78 is 7.56. The van der Waals surface area contributed by atoms with Crippen molar-refractivity contribution in [2.75, 3.05) is 0 Å². The van der Waals surface area contributed by atoms with Crippen molar-refractivity contribution in [1.29, 1.82) is 0 Å². The Morgan fingerprint density at radius 3 is 2.81 bits per heavy atom. The lowest BCUT2D eigenvalue weighted by Gasteiger charge is -2.28. The lowest BCUT2D eigenvalue weighted by molar-refractivity contribution is 0.0885. The summed E-state index contributed by atoms with van der Waals surface area (Å²) >= 11 is 6.19. The zero-order chi connectivity index (χ0) is 18.4. The lowest BCUT2D eigenvalue weighted by Crippen LogP contribution is -2.40. The molecule has 2 aromatic heterocycles. The molecular formula is C20H26ClN3O2. The van der Waals surface area contributed by atoms with Crippen molar-refractivity contribution in [3.05, 3.63) is 40.1 Å². The van der Waals surface area contributed by atoms with E-state index in [9.17, 15) is 4.79 Å². The van der Waals surface area contributed by atoms with Crippen LogP contribution in [0.5, 0.6) is 0 Å². The van der Waals surface area contributed by atoms with Gasteiger partial charge in [-0.05, 0) is 69.9 Å². The van der Waals surface area contributed by atoms with Crippen LogP contribution >= 0.6 is 11.6 Å². The summed E-state index contributed by atoms with van der Waals surface area (Å²) in [6, 6.07) is 3.77. The van der Waals surface area contributed by atoms with Crippen LogP contribution < -0.4 is 5.32 Å². The molecule has 2 fully saturated rings. The van der Waals surface area contributed by atoms with Crippen molar-refractivity contribution in [2.45, 2.75) is 59.0 Å². The van der Waals surface area contributed by atoms with Crippen LogP contribution in [0.25, 0.3) is 0 Å². The average molecular weight is 376 g/mol. The number of nitrogens with zero attached hydrogens (tertiary/aromatic N) is 2. The molecule has 4 unspecified atom stereocenters. The molecule has 0 aliphatic heterocycles. The number of nitrogens with one attached hydrogen (secondary N) is 1. The first-order valence-electron chi connectivity index (χ1n) is 9.51. The van der Waals surface area contributed by atoms with Gasteiger partial charge in [-0.3, -0.25) is 9.48 Å². The molecule has 6 heteroatoms. The molecule has 2 heterocycles. The quantitative estimate of drug-likeness (QED) is 0.845. The predicted molar refractivity (Wildman–Crippen MR) is 100 cm³/mol. The Balaban J connectivity index is 1.39. The van der Waals surface area contributed by atoms with E-state index in [4.69, 9.17) is 16.0 Å². The summed E-state index contributed by atoms with van der Waals surface area (Å²) in [7, 11) is 0. The second-order valence-corrected chi connectivity index (χ2v) is 8.39. The second kappa shape index (κ2) is 6.76. The van der Waals surface area contributed by atoms with E-state index in [0.717, 1.165) is 23.2 Å². The minimum absolute atomic E-state index is 0.127. The van der Waals surface area contributed by atoms with Crippen molar-refractivity contribution in [1.82, 2.24) is 15.1 Å². The molecular weight excluding hydrogens is 350 g/mol. The number of furan rings is 1. The van der Waals surface area contributed by atoms with E-state index in [-0.39, 0.29) is 11.9 Å². The van der Waals surface area contributed by atoms with Gasteiger partial charge in [0, 0.05) is 6.04 Å². The number of rotatable bonds is 5. The third-order valence-corrected chi connectivity index (χ3v) is 6.83. The molecule has 1 N–H and O–H groups in total. The maximum atomic E-state index is 12.6. The molecule has 26 heavy (non-hydrogen) atoms. The van der Waals surface area contributed by atoms with Gasteiger partial charge in [0.05, 0.1) is 23.0 Å². The van der Waals surface area contributed by atoms with Crippen molar-refractivity contribution in [3.63, 3.8) is 0 Å². The van der Waals surface area contributed by atoms with Crippen LogP contribution in [0.15, 0.2) is 16.5 Å². The van der Waals surface area contributed by atoms with Crippen LogP contribution in [0.1, 0.15) is 60.3 Å². The van der Waals surface area contributed by atoms with Gasteiger partial charge in [0.1, 0.15) is 5.76 Å². The van der Waals surface area contributed by atoms with Gasteiger partial charge in [-0.2, -0.15) is 5.10 Å². The number of amides is 1. The molecule has 2 aromatic rings. The molecule has 4 rings (SSSR count). The maximum Gasteiger partial charge on any atom is 0.287 e. The highest BCUT2D eigenvalue weighted by Crippen LogP contribution is 2.49. The summed E-state index contributed by atoms with van der Waals surface area (Å²) in [5.74, 6) is 3.22. The highest BCUT2D eigenvalue weighted by atomic mass is 35.5. The lowest BCUT2D eigenvalue weighted by atomic mass is 9.84. The highest BCUT2D eigenvalue weighted by molar-refractivity contribution is 6.31. The normalized spacial score (nSPS) is 25.6. The first-order chi connectivity index (χ1) is 12.4. The largest absolute Gasteiger partial charge is 0.454 e. The molecule has 0 radical (unpaired) electrons. The van der Waals surface area contributed by atoms with E-state index < -0.39 is 0 Å². The number of aromatic nitrogens is 2. The Morgan fingerprint density at radius 1 is 1.38 bits per heavy atom. The van der Waals surface area contributed by atoms with E-state index in [1.54, 1.807) is 10.7 Å². The zero-order valence-corrected chi connectivity index (χ0v) is 16.3. The molecule has 0 aromatic carbocycles. The molecule has 4 atom stereocenters. The summed E-state index contributed by atoms with van der Waals surface area (Å²) in [4.78, 5) is 12.6. The average Bonchev–Trinajstić information content (AvgIpc) is 3.38. The van der Waals surface area contributed by atoms with Gasteiger partial charge < -0.3 is 9.73 Å². The Morgan fingerprint density at radius 2 is 2.19 bits per heavy atom. The topological polar surface area (TPSA) is 60.1 Å². The van der Waals surface area contributed by atoms with Crippen LogP contribution in [0, 0.1) is 31.6 Å². The third-order valence-electron chi connectivity index (χ3n) is 6.28. The van der Waals surface area contributed by atoms with Crippen molar-refractivity contribution < 1.29 is 9.21 Å². The number of hydrogen-bond acceptors (Lipinski definition) is 3. The van der Waals surface area contributed by atoms with Crippen LogP contribution in [-0.2, 0) is 6.54 Å². The Kier molecular flexibility index (Phi) is 4.59. The maximum absolute atomic E-state index is 12.6. The predicted octanol–water partition coefficient (Wildman–Crippen LogP) is 4.35. The molecule has 2 bridgehead atoms. The van der Waals surface area contributed by atoms with Crippen LogP contribution in [0.4, 0.5) is 0 Å². The number of hydrogen-bond donors (Lipinski definition) is 1. The monoisotopic (exact) mass is 375 g/mol. The molecule has 5 nitrogen and oxygen atoms in total. The summed E-state index contributed by atoms with van der Waals surface area (Å²) in [6.07, 6.45) is 5.31. The van der Waals surface area contributed by atoms with E-state index in [1.807, 2.05) is 19.9 Å². The number of carbonyl (C=O) groups is 1. The van der Waals surface area contributed by atoms with Crippen LogP contribution in [0.3, 0.4) is 0 Å². The number of carbonyl (C=O) groups excluding carboxylic acids is 1. The smallest absolute Gasteiger partial charge is 0.287 e. The molecule has 1 amide bonds. The van der Waals surface area contributed by atoms with Gasteiger partial charge in [-0.15, -0.1) is 0 Å². The first kappa shape index (κ1) is 17.7. The standard InChI is InChI=1S/C20H26ClN3O2/c1-11(17-9-14-4-5-15(17)8-14)22-20(25)18-7-6-16(26-18)10-24-13(3)19(21)12(2)23-24/h6-7,11,14-15,17H,4-5,8-10H2,1-3H3,(H,22,25). The van der Waals surface area contributed by atoms with Crippen LogP contribution in [-0.4, -0.2) is 21.7 Å². The van der Waals surface area contributed by atoms with Crippen molar-refractivity contribution >= 4 is 17.5 Å². The second-order valence-electron chi connectivity index (χ2n) is 8.01. The van der Waals surface area contributed by atoms with Gasteiger partial charge >= 0.3 is 0 Å². The number of halogens is 1. The van der Waals surface area contributed by atoms with Gasteiger partial charge in [-0.1, -0.05) is 18.0 Å². The minimum atomic E-state index is -0.127. The first-order valence-corrected chi connectivity index (χ1v) is 9.89. The summed E-state index contributed by atoms with van der Waals surface area (Å²) in [6.45, 7) is 6.40. The zero-order valence-electron chi connectivity index (χ0n) is 15.6.